The van der Waals surface area contributed by atoms with Crippen molar-refractivity contribution in [1.82, 2.24) is 4.98 Å². The molecule has 4 heteroatoms. The largest absolute Gasteiger partial charge is 0.439 e. The van der Waals surface area contributed by atoms with Crippen molar-refractivity contribution in [2.45, 2.75) is 13.8 Å². The second-order valence-electron chi connectivity index (χ2n) is 3.97. The number of rotatable bonds is 2. The first-order chi connectivity index (χ1) is 8.06. The number of aromatic nitrogens is 1. The van der Waals surface area contributed by atoms with Gasteiger partial charge in [-0.1, -0.05) is 6.07 Å². The molecule has 1 aromatic heterocycles. The van der Waals surface area contributed by atoms with Gasteiger partial charge in [-0.15, -0.1) is 0 Å². The number of aryl methyl sites for hydroxylation is 2. The van der Waals surface area contributed by atoms with E-state index in [0.29, 0.717) is 11.6 Å². The Morgan fingerprint density at radius 2 is 1.76 bits per heavy atom. The lowest BCUT2D eigenvalue weighted by atomic mass is 10.1. The van der Waals surface area contributed by atoms with Crippen LogP contribution in [0.5, 0.6) is 11.6 Å². The van der Waals surface area contributed by atoms with Crippen LogP contribution in [0.15, 0.2) is 30.3 Å². The lowest BCUT2D eigenvalue weighted by Crippen LogP contribution is -1.99. The van der Waals surface area contributed by atoms with Gasteiger partial charge >= 0.3 is 0 Å². The lowest BCUT2D eigenvalue weighted by molar-refractivity contribution is 0.463. The number of benzene rings is 1. The van der Waals surface area contributed by atoms with Gasteiger partial charge in [-0.2, -0.15) is 4.98 Å². The average Bonchev–Trinajstić information content (AvgIpc) is 2.29. The van der Waals surface area contributed by atoms with Gasteiger partial charge in [0.2, 0.25) is 5.88 Å². The Morgan fingerprint density at radius 1 is 1.00 bits per heavy atom. The zero-order valence-electron chi connectivity index (χ0n) is 9.90. The maximum Gasteiger partial charge on any atom is 0.221 e. The van der Waals surface area contributed by atoms with Crippen molar-refractivity contribution in [3.8, 4) is 11.6 Å². The minimum atomic E-state index is 0.284. The number of nitrogens with zero attached hydrogens (tertiary/aromatic N) is 1. The van der Waals surface area contributed by atoms with Gasteiger partial charge in [0.05, 0.1) is 5.69 Å². The zero-order chi connectivity index (χ0) is 12.4. The Bertz CT molecular complexity index is 503. The third kappa shape index (κ3) is 2.47. The molecule has 0 aliphatic rings. The number of hydrogen-bond acceptors (Lipinski definition) is 4. The molecule has 0 aliphatic heterocycles. The third-order valence-electron chi connectivity index (χ3n) is 2.63. The van der Waals surface area contributed by atoms with Crippen LogP contribution in [0.4, 0.5) is 11.5 Å². The lowest BCUT2D eigenvalue weighted by Gasteiger charge is -2.08. The van der Waals surface area contributed by atoms with Gasteiger partial charge in [-0.05, 0) is 43.2 Å². The second-order valence-corrected chi connectivity index (χ2v) is 3.97. The molecule has 0 aliphatic carbocycles. The first-order valence-corrected chi connectivity index (χ1v) is 5.33. The highest BCUT2D eigenvalue weighted by molar-refractivity contribution is 5.58. The van der Waals surface area contributed by atoms with Crippen LogP contribution in [0, 0.1) is 13.8 Å². The van der Waals surface area contributed by atoms with Crippen LogP contribution >= 0.6 is 0 Å². The molecule has 2 aromatic rings. The van der Waals surface area contributed by atoms with Crippen LogP contribution in [0.1, 0.15) is 11.1 Å². The summed E-state index contributed by atoms with van der Waals surface area (Å²) in [7, 11) is 0. The Morgan fingerprint density at radius 3 is 2.41 bits per heavy atom. The molecule has 0 unspecified atom stereocenters. The van der Waals surface area contributed by atoms with E-state index >= 15 is 0 Å². The van der Waals surface area contributed by atoms with E-state index in [1.54, 1.807) is 12.1 Å². The summed E-state index contributed by atoms with van der Waals surface area (Å²) in [6.07, 6.45) is 0. The molecule has 88 valence electrons. The molecule has 0 atom stereocenters. The first-order valence-electron chi connectivity index (χ1n) is 5.33. The quantitative estimate of drug-likeness (QED) is 0.830. The molecule has 1 heterocycles. The van der Waals surface area contributed by atoms with Crippen LogP contribution < -0.4 is 16.2 Å². The van der Waals surface area contributed by atoms with E-state index in [-0.39, 0.29) is 5.82 Å². The molecule has 4 N–H and O–H groups in total. The fraction of sp³-hybridized carbons (Fsp3) is 0.154. The van der Waals surface area contributed by atoms with E-state index in [1.165, 1.54) is 11.1 Å². The molecule has 1 aromatic carbocycles. The van der Waals surface area contributed by atoms with E-state index in [9.17, 15) is 0 Å². The Balaban J connectivity index is 2.25. The third-order valence-corrected chi connectivity index (χ3v) is 2.63. The number of nitrogen functional groups attached to an aromatic ring is 2. The Labute approximate surface area is 100 Å². The van der Waals surface area contributed by atoms with Gasteiger partial charge in [0.15, 0.2) is 5.82 Å². The van der Waals surface area contributed by atoms with E-state index in [0.717, 1.165) is 5.75 Å². The van der Waals surface area contributed by atoms with Crippen LogP contribution in [-0.2, 0) is 0 Å². The monoisotopic (exact) mass is 229 g/mol. The fourth-order valence-corrected chi connectivity index (χ4v) is 1.42. The molecule has 17 heavy (non-hydrogen) atoms. The summed E-state index contributed by atoms with van der Waals surface area (Å²) in [5.74, 6) is 1.47. The van der Waals surface area contributed by atoms with Gasteiger partial charge in [0.25, 0.3) is 0 Å². The van der Waals surface area contributed by atoms with Crippen molar-refractivity contribution in [1.29, 1.82) is 0 Å². The maximum atomic E-state index is 5.61. The topological polar surface area (TPSA) is 74.2 Å². The van der Waals surface area contributed by atoms with Crippen molar-refractivity contribution in [2.75, 3.05) is 11.5 Å². The minimum Gasteiger partial charge on any atom is -0.439 e. The second kappa shape index (κ2) is 4.33. The van der Waals surface area contributed by atoms with E-state index in [2.05, 4.69) is 11.9 Å². The van der Waals surface area contributed by atoms with Crippen LogP contribution in [-0.4, -0.2) is 4.98 Å². The summed E-state index contributed by atoms with van der Waals surface area (Å²) in [6, 6.07) is 9.24. The SMILES string of the molecule is Cc1ccc(Oc2ccc(N)c(N)n2)cc1C. The molecule has 0 radical (unpaired) electrons. The highest BCUT2D eigenvalue weighted by Crippen LogP contribution is 2.24. The summed E-state index contributed by atoms with van der Waals surface area (Å²) in [5.41, 5.74) is 14.0. The van der Waals surface area contributed by atoms with Crippen LogP contribution in [0.3, 0.4) is 0 Å². The number of ether oxygens (including phenoxy) is 1. The van der Waals surface area contributed by atoms with Crippen molar-refractivity contribution in [3.05, 3.63) is 41.5 Å². The van der Waals surface area contributed by atoms with E-state index in [1.807, 2.05) is 25.1 Å². The summed E-state index contributed by atoms with van der Waals surface area (Å²) >= 11 is 0. The molecule has 0 spiro atoms. The standard InChI is InChI=1S/C13H15N3O/c1-8-3-4-10(7-9(8)2)17-12-6-5-11(14)13(15)16-12/h3-7H,14H2,1-2H3,(H2,15,16). The summed E-state index contributed by atoms with van der Waals surface area (Å²) < 4.78 is 5.60. The van der Waals surface area contributed by atoms with E-state index in [4.69, 9.17) is 16.2 Å². The fourth-order valence-electron chi connectivity index (χ4n) is 1.42. The molecule has 0 saturated heterocycles. The number of anilines is 2. The molecular weight excluding hydrogens is 214 g/mol. The number of hydrogen-bond donors (Lipinski definition) is 2. The molecule has 0 fully saturated rings. The van der Waals surface area contributed by atoms with Crippen LogP contribution in [0.2, 0.25) is 0 Å². The van der Waals surface area contributed by atoms with Crippen molar-refractivity contribution >= 4 is 11.5 Å². The Kier molecular flexibility index (Phi) is 2.87. The molecule has 0 amide bonds. The van der Waals surface area contributed by atoms with Crippen molar-refractivity contribution in [2.24, 2.45) is 0 Å². The predicted octanol–water partition coefficient (Wildman–Crippen LogP) is 2.66. The number of nitrogens with two attached hydrogens (primary N) is 2. The first kappa shape index (κ1) is 11.3. The van der Waals surface area contributed by atoms with Gasteiger partial charge < -0.3 is 16.2 Å². The van der Waals surface area contributed by atoms with Gasteiger partial charge in [0, 0.05) is 6.07 Å². The Hall–Kier alpha value is -2.23. The smallest absolute Gasteiger partial charge is 0.221 e. The summed E-state index contributed by atoms with van der Waals surface area (Å²) in [6.45, 7) is 4.09. The van der Waals surface area contributed by atoms with Gasteiger partial charge in [0.1, 0.15) is 5.75 Å². The van der Waals surface area contributed by atoms with Crippen LogP contribution in [0.25, 0.3) is 0 Å². The highest BCUT2D eigenvalue weighted by Gasteiger charge is 2.03. The van der Waals surface area contributed by atoms with Crippen molar-refractivity contribution in [3.63, 3.8) is 0 Å². The molecular formula is C13H15N3O. The van der Waals surface area contributed by atoms with E-state index < -0.39 is 0 Å². The maximum absolute atomic E-state index is 5.61. The molecule has 4 nitrogen and oxygen atoms in total. The summed E-state index contributed by atoms with van der Waals surface area (Å²) in [5, 5.41) is 0. The van der Waals surface area contributed by atoms with Gasteiger partial charge in [-0.25, -0.2) is 0 Å². The zero-order valence-corrected chi connectivity index (χ0v) is 9.90. The van der Waals surface area contributed by atoms with Gasteiger partial charge in [-0.3, -0.25) is 0 Å². The number of pyridine rings is 1. The summed E-state index contributed by atoms with van der Waals surface area (Å²) in [4.78, 5) is 4.05. The van der Waals surface area contributed by atoms with Crippen molar-refractivity contribution < 1.29 is 4.74 Å². The predicted molar refractivity (Wildman–Crippen MR) is 69.1 cm³/mol. The molecule has 2 rings (SSSR count). The average molecular weight is 229 g/mol. The normalized spacial score (nSPS) is 10.2. The molecule has 0 bridgehead atoms. The molecule has 0 saturated carbocycles. The minimum absolute atomic E-state index is 0.284. The highest BCUT2D eigenvalue weighted by atomic mass is 16.5.